The van der Waals surface area contributed by atoms with Gasteiger partial charge in [-0.15, -0.1) is 0 Å². The Labute approximate surface area is 443 Å². The van der Waals surface area contributed by atoms with Gasteiger partial charge in [-0.05, 0) is 131 Å². The highest BCUT2D eigenvalue weighted by atomic mass is 32.2. The van der Waals surface area contributed by atoms with Crippen LogP contribution in [-0.2, 0) is 28.5 Å². The van der Waals surface area contributed by atoms with Gasteiger partial charge in [-0.2, -0.15) is 0 Å². The summed E-state index contributed by atoms with van der Waals surface area (Å²) in [5.41, 5.74) is 1.98. The van der Waals surface area contributed by atoms with Crippen molar-refractivity contribution in [2.24, 2.45) is 10.8 Å². The first kappa shape index (κ1) is 58.4. The van der Waals surface area contributed by atoms with Crippen LogP contribution in [0.25, 0.3) is 0 Å². The molecule has 398 valence electrons. The lowest BCUT2D eigenvalue weighted by molar-refractivity contribution is -0.144. The van der Waals surface area contributed by atoms with Crippen molar-refractivity contribution in [1.82, 2.24) is 16.0 Å². The van der Waals surface area contributed by atoms with Crippen LogP contribution in [0.3, 0.4) is 0 Å². The van der Waals surface area contributed by atoms with E-state index in [0.717, 1.165) is 23.7 Å². The van der Waals surface area contributed by atoms with Crippen molar-refractivity contribution in [3.8, 4) is 0 Å². The summed E-state index contributed by atoms with van der Waals surface area (Å²) in [6.07, 6.45) is 1.38. The molecule has 0 saturated heterocycles. The lowest BCUT2D eigenvalue weighted by Crippen LogP contribution is -2.50. The maximum absolute atomic E-state index is 14.3. The molecule has 4 aromatic carbocycles. The van der Waals surface area contributed by atoms with Crippen molar-refractivity contribution in [3.63, 3.8) is 0 Å². The number of hydrogen-bond acceptors (Lipinski definition) is 13. The minimum Gasteiger partial charge on any atom is -0.462 e. The summed E-state index contributed by atoms with van der Waals surface area (Å²) in [7, 11) is 1.42. The molecular formula is C58H68N4O12S. The van der Waals surface area contributed by atoms with E-state index >= 15 is 0 Å². The van der Waals surface area contributed by atoms with Crippen LogP contribution in [0.4, 0.5) is 5.69 Å². The average molecular weight is 1050 g/mol. The predicted molar refractivity (Wildman–Crippen MR) is 286 cm³/mol. The average Bonchev–Trinajstić information content (AvgIpc) is 3.34. The van der Waals surface area contributed by atoms with Crippen molar-refractivity contribution in [1.29, 1.82) is 0 Å². The van der Waals surface area contributed by atoms with E-state index in [1.54, 1.807) is 56.3 Å². The minimum atomic E-state index is -0.825. The molecule has 0 spiro atoms. The fourth-order valence-corrected chi connectivity index (χ4v) is 9.81. The summed E-state index contributed by atoms with van der Waals surface area (Å²) >= 11 is 1.14. The first-order valence-corrected chi connectivity index (χ1v) is 25.5. The van der Waals surface area contributed by atoms with Crippen LogP contribution < -0.4 is 21.3 Å². The molecule has 4 unspecified atom stereocenters. The Morgan fingerprint density at radius 1 is 0.653 bits per heavy atom. The van der Waals surface area contributed by atoms with Crippen LogP contribution >= 0.6 is 11.8 Å². The van der Waals surface area contributed by atoms with Gasteiger partial charge < -0.3 is 40.2 Å². The van der Waals surface area contributed by atoms with Crippen LogP contribution in [-0.4, -0.2) is 92.6 Å². The molecule has 0 aromatic heterocycles. The first-order chi connectivity index (χ1) is 35.3. The monoisotopic (exact) mass is 1040 g/mol. The van der Waals surface area contributed by atoms with E-state index in [0.29, 0.717) is 34.7 Å². The highest BCUT2D eigenvalue weighted by molar-refractivity contribution is 7.99. The number of esters is 4. The van der Waals surface area contributed by atoms with Gasteiger partial charge in [-0.25, -0.2) is 19.2 Å². The molecule has 0 aliphatic heterocycles. The number of ether oxygens (including phenoxy) is 4. The largest absolute Gasteiger partial charge is 0.462 e. The lowest BCUT2D eigenvalue weighted by Gasteiger charge is -2.47. The first-order valence-electron chi connectivity index (χ1n) is 24.7. The topological polar surface area (TPSA) is 222 Å². The van der Waals surface area contributed by atoms with Crippen LogP contribution in [0.15, 0.2) is 119 Å². The number of hydrogen-bond donors (Lipinski definition) is 4. The molecule has 1 aliphatic carbocycles. The van der Waals surface area contributed by atoms with Crippen molar-refractivity contribution < 1.29 is 57.3 Å². The Balaban J connectivity index is 1.34. The zero-order chi connectivity index (χ0) is 55.2. The second-order valence-electron chi connectivity index (χ2n) is 20.3. The molecule has 4 N–H and O–H groups in total. The molecule has 0 bridgehead atoms. The van der Waals surface area contributed by atoms with Crippen molar-refractivity contribution >= 4 is 65.0 Å². The molecule has 1 aliphatic rings. The third-order valence-electron chi connectivity index (χ3n) is 12.3. The molecule has 1 saturated carbocycles. The quantitative estimate of drug-likeness (QED) is 0.0328. The Hall–Kier alpha value is -7.53. The third kappa shape index (κ3) is 17.3. The number of benzene rings is 4. The molecule has 16 nitrogen and oxygen atoms in total. The van der Waals surface area contributed by atoms with Gasteiger partial charge in [0.1, 0.15) is 12.2 Å². The summed E-state index contributed by atoms with van der Waals surface area (Å²) in [4.78, 5) is 106. The van der Waals surface area contributed by atoms with Gasteiger partial charge in [0, 0.05) is 70.2 Å². The smallest absolute Gasteiger partial charge is 0.338 e. The number of carbonyl (C=O) groups excluding carboxylic acids is 8. The second kappa shape index (κ2) is 26.1. The number of nitrogens with one attached hydrogen (secondary N) is 4. The minimum absolute atomic E-state index is 0.0105. The standard InChI is InChI=1S/C58H68N4O12S/c1-34(2)53(67)73-37(6)22-24-71-55(69)45-20-18-43(28-47(45)51(65)59-11)75-44-19-21-46(56(70)72-25-23-38(7)74-54(68)35(3)4)48(29-44)52(66)61-41-17-13-16-40(27-41)50(64)62-42-30-57(8,9)32-58(10,31-42)33-60-49(63)39-15-12-14-36(5)26-39/h12-21,26-29,37-38,42H,1,3,22-25,30-33H2,2,4-11H3,(H,59,65)(H,60,63)(H,61,66)(H,62,64). The zero-order valence-electron chi connectivity index (χ0n) is 44.2. The normalized spacial score (nSPS) is 16.4. The second-order valence-corrected chi connectivity index (χ2v) is 21.4. The maximum atomic E-state index is 14.3. The molecule has 0 heterocycles. The molecule has 17 heteroatoms. The van der Waals surface area contributed by atoms with E-state index in [9.17, 15) is 38.4 Å². The maximum Gasteiger partial charge on any atom is 0.338 e. The Bertz CT molecular complexity index is 2860. The van der Waals surface area contributed by atoms with E-state index in [2.05, 4.69) is 55.2 Å². The predicted octanol–water partition coefficient (Wildman–Crippen LogP) is 9.61. The van der Waals surface area contributed by atoms with E-state index in [4.69, 9.17) is 18.9 Å². The zero-order valence-corrected chi connectivity index (χ0v) is 45.0. The summed E-state index contributed by atoms with van der Waals surface area (Å²) in [6, 6.07) is 22.7. The molecule has 5 rings (SSSR count). The summed E-state index contributed by atoms with van der Waals surface area (Å²) < 4.78 is 21.6. The number of anilines is 1. The van der Waals surface area contributed by atoms with Crippen molar-refractivity contribution in [2.45, 2.75) is 116 Å². The molecule has 75 heavy (non-hydrogen) atoms. The van der Waals surface area contributed by atoms with Crippen LogP contribution in [0.1, 0.15) is 148 Å². The molecular weight excluding hydrogens is 977 g/mol. The van der Waals surface area contributed by atoms with E-state index in [1.165, 1.54) is 45.2 Å². The highest BCUT2D eigenvalue weighted by Gasteiger charge is 2.42. The summed E-state index contributed by atoms with van der Waals surface area (Å²) in [5.74, 6) is -4.51. The molecule has 1 fully saturated rings. The van der Waals surface area contributed by atoms with Gasteiger partial charge >= 0.3 is 23.9 Å². The molecule has 0 radical (unpaired) electrons. The Morgan fingerprint density at radius 2 is 1.17 bits per heavy atom. The SMILES string of the molecule is C=C(C)C(=O)OC(C)CCOC(=O)c1ccc(Sc2ccc(C(=O)OCCC(C)OC(=O)C(=C)C)c(C(=O)Nc3cccc(C(=O)NC4CC(C)(C)CC(C)(CNC(=O)c5cccc(C)c5)C4)c3)c2)cc1C(=O)NC. The fourth-order valence-electron chi connectivity index (χ4n) is 8.91. The Morgan fingerprint density at radius 3 is 1.69 bits per heavy atom. The van der Waals surface area contributed by atoms with Gasteiger partial charge in [0.05, 0.1) is 35.5 Å². The van der Waals surface area contributed by atoms with Gasteiger partial charge in [0.25, 0.3) is 23.6 Å². The Kier molecular flexibility index (Phi) is 20.3. The van der Waals surface area contributed by atoms with Gasteiger partial charge in [0.2, 0.25) is 0 Å². The number of carbonyl (C=O) groups is 8. The third-order valence-corrected chi connectivity index (χ3v) is 13.3. The van der Waals surface area contributed by atoms with E-state index in [1.807, 2.05) is 25.1 Å². The molecule has 4 atom stereocenters. The van der Waals surface area contributed by atoms with E-state index in [-0.39, 0.29) is 99.4 Å². The van der Waals surface area contributed by atoms with E-state index < -0.39 is 47.9 Å². The summed E-state index contributed by atoms with van der Waals surface area (Å²) in [5, 5.41) is 11.7. The summed E-state index contributed by atoms with van der Waals surface area (Å²) in [6.45, 7) is 22.0. The fraction of sp³-hybridized carbons (Fsp3) is 0.379. The highest BCUT2D eigenvalue weighted by Crippen LogP contribution is 2.46. The molecule has 4 amide bonds. The molecule has 4 aromatic rings. The number of amides is 4. The van der Waals surface area contributed by atoms with Crippen molar-refractivity contribution in [2.75, 3.05) is 32.1 Å². The van der Waals surface area contributed by atoms with Gasteiger partial charge in [0.15, 0.2) is 0 Å². The lowest BCUT2D eigenvalue weighted by atomic mass is 9.62. The van der Waals surface area contributed by atoms with Crippen molar-refractivity contribution in [3.05, 3.63) is 148 Å². The number of aryl methyl sites for hydroxylation is 1. The number of rotatable bonds is 22. The van der Waals surface area contributed by atoms with Gasteiger partial charge in [-0.1, -0.05) is 69.5 Å². The van der Waals surface area contributed by atoms with Crippen LogP contribution in [0.5, 0.6) is 0 Å². The van der Waals surface area contributed by atoms with Crippen LogP contribution in [0, 0.1) is 17.8 Å². The van der Waals surface area contributed by atoms with Crippen LogP contribution in [0.2, 0.25) is 0 Å². The van der Waals surface area contributed by atoms with Gasteiger partial charge in [-0.3, -0.25) is 19.2 Å².